The third-order valence-electron chi connectivity index (χ3n) is 5.83. The van der Waals surface area contributed by atoms with Gasteiger partial charge < -0.3 is 23.7 Å². The van der Waals surface area contributed by atoms with Crippen molar-refractivity contribution in [3.8, 4) is 11.5 Å². The molecule has 0 bridgehead atoms. The van der Waals surface area contributed by atoms with Crippen molar-refractivity contribution in [3.63, 3.8) is 0 Å². The van der Waals surface area contributed by atoms with Crippen LogP contribution in [-0.4, -0.2) is 42.4 Å². The predicted octanol–water partition coefficient (Wildman–Crippen LogP) is 4.99. The summed E-state index contributed by atoms with van der Waals surface area (Å²) in [6.45, 7) is 5.57. The number of ether oxygens (including phenoxy) is 5. The van der Waals surface area contributed by atoms with E-state index in [0.717, 1.165) is 22.4 Å². The van der Waals surface area contributed by atoms with Gasteiger partial charge in [-0.2, -0.15) is 0 Å². The lowest BCUT2D eigenvalue weighted by Crippen LogP contribution is -2.51. The van der Waals surface area contributed by atoms with Gasteiger partial charge in [-0.1, -0.05) is 52.7 Å². The SMILES string of the molecule is CC(=O)O[C@@H]1[C@@H](OC(C)=O)[C@H](C)[C@H](Br)O[C@H]1c1ccc(Cl)c(Cc2ccc3c(c2)OCCO3)c1. The van der Waals surface area contributed by atoms with E-state index in [1.165, 1.54) is 13.8 Å². The highest BCUT2D eigenvalue weighted by atomic mass is 79.9. The van der Waals surface area contributed by atoms with E-state index < -0.39 is 35.3 Å². The summed E-state index contributed by atoms with van der Waals surface area (Å²) in [7, 11) is 0. The molecule has 1 fully saturated rings. The largest absolute Gasteiger partial charge is 0.486 e. The van der Waals surface area contributed by atoms with Crippen molar-refractivity contribution in [2.75, 3.05) is 13.2 Å². The van der Waals surface area contributed by atoms with Crippen molar-refractivity contribution in [1.29, 1.82) is 0 Å². The quantitative estimate of drug-likeness (QED) is 0.381. The minimum Gasteiger partial charge on any atom is -0.486 e. The van der Waals surface area contributed by atoms with Gasteiger partial charge in [0.05, 0.1) is 0 Å². The predicted molar refractivity (Wildman–Crippen MR) is 129 cm³/mol. The lowest BCUT2D eigenvalue weighted by molar-refractivity contribution is -0.210. The topological polar surface area (TPSA) is 80.3 Å². The molecule has 34 heavy (non-hydrogen) atoms. The first-order valence-electron chi connectivity index (χ1n) is 11.0. The Hall–Kier alpha value is -2.29. The second kappa shape index (κ2) is 10.5. The van der Waals surface area contributed by atoms with E-state index in [0.29, 0.717) is 30.4 Å². The number of esters is 2. The summed E-state index contributed by atoms with van der Waals surface area (Å²) in [5.41, 5.74) is 2.64. The van der Waals surface area contributed by atoms with Crippen LogP contribution in [0.4, 0.5) is 0 Å². The molecule has 0 radical (unpaired) electrons. The van der Waals surface area contributed by atoms with Gasteiger partial charge in [-0.25, -0.2) is 0 Å². The molecule has 2 aliphatic rings. The summed E-state index contributed by atoms with van der Waals surface area (Å²) in [6.07, 6.45) is -1.60. The summed E-state index contributed by atoms with van der Waals surface area (Å²) >= 11 is 10.1. The number of carbonyl (C=O) groups excluding carboxylic acids is 2. The van der Waals surface area contributed by atoms with Gasteiger partial charge in [-0.05, 0) is 41.3 Å². The zero-order valence-electron chi connectivity index (χ0n) is 19.1. The van der Waals surface area contributed by atoms with Gasteiger partial charge in [0.2, 0.25) is 0 Å². The molecule has 2 heterocycles. The van der Waals surface area contributed by atoms with Crippen LogP contribution < -0.4 is 9.47 Å². The fourth-order valence-corrected chi connectivity index (χ4v) is 4.96. The van der Waals surface area contributed by atoms with E-state index >= 15 is 0 Å². The second-order valence-corrected chi connectivity index (χ2v) is 9.73. The number of carbonyl (C=O) groups is 2. The molecule has 0 aliphatic carbocycles. The van der Waals surface area contributed by atoms with E-state index in [-0.39, 0.29) is 5.92 Å². The van der Waals surface area contributed by atoms with E-state index in [1.807, 2.05) is 37.3 Å². The summed E-state index contributed by atoms with van der Waals surface area (Å²) in [6, 6.07) is 11.4. The standard InChI is InChI=1S/C25H26BrClO7/c1-13-22(32-14(2)28)24(33-15(3)29)23(34-25(13)26)17-5-6-19(27)18(12-17)10-16-4-7-20-21(11-16)31-9-8-30-20/h4-7,11-13,22-25H,8-10H2,1-3H3/t13-,22-,23-,24+,25+/m0/s1. The van der Waals surface area contributed by atoms with Gasteiger partial charge in [-0.3, -0.25) is 9.59 Å². The van der Waals surface area contributed by atoms with Gasteiger partial charge in [0.25, 0.3) is 0 Å². The van der Waals surface area contributed by atoms with Crippen molar-refractivity contribution in [2.45, 2.75) is 50.5 Å². The normalized spacial score (nSPS) is 26.0. The number of benzene rings is 2. The molecule has 4 rings (SSSR count). The van der Waals surface area contributed by atoms with Crippen LogP contribution in [0.5, 0.6) is 11.5 Å². The first kappa shape index (κ1) is 24.8. The van der Waals surface area contributed by atoms with Crippen molar-refractivity contribution in [2.24, 2.45) is 5.92 Å². The number of hydrogen-bond donors (Lipinski definition) is 0. The van der Waals surface area contributed by atoms with Crippen LogP contribution in [0.1, 0.15) is 43.6 Å². The average Bonchev–Trinajstić information content (AvgIpc) is 2.79. The lowest BCUT2D eigenvalue weighted by atomic mass is 9.88. The molecular formula is C25H26BrClO7. The van der Waals surface area contributed by atoms with Gasteiger partial charge >= 0.3 is 11.9 Å². The Morgan fingerprint density at radius 1 is 1.00 bits per heavy atom. The van der Waals surface area contributed by atoms with Gasteiger partial charge in [-0.15, -0.1) is 0 Å². The van der Waals surface area contributed by atoms with Crippen molar-refractivity contribution >= 4 is 39.5 Å². The zero-order valence-corrected chi connectivity index (χ0v) is 21.4. The maximum Gasteiger partial charge on any atom is 0.303 e. The second-order valence-electron chi connectivity index (χ2n) is 8.42. The Bertz CT molecular complexity index is 1080. The number of halogens is 2. The molecule has 0 N–H and O–H groups in total. The molecule has 0 spiro atoms. The zero-order chi connectivity index (χ0) is 24.4. The Labute approximate surface area is 211 Å². The molecule has 1 saturated heterocycles. The van der Waals surface area contributed by atoms with E-state index in [1.54, 1.807) is 6.07 Å². The van der Waals surface area contributed by atoms with Crippen LogP contribution in [0.2, 0.25) is 5.02 Å². The average molecular weight is 554 g/mol. The Kier molecular flexibility index (Phi) is 7.70. The molecule has 0 amide bonds. The summed E-state index contributed by atoms with van der Waals surface area (Å²) in [5.74, 6) is 0.255. The monoisotopic (exact) mass is 552 g/mol. The minimum absolute atomic E-state index is 0.242. The van der Waals surface area contributed by atoms with Gasteiger partial charge in [0, 0.05) is 24.8 Å². The highest BCUT2D eigenvalue weighted by molar-refractivity contribution is 9.09. The van der Waals surface area contributed by atoms with Crippen LogP contribution in [0.15, 0.2) is 36.4 Å². The van der Waals surface area contributed by atoms with E-state index in [4.69, 9.17) is 35.3 Å². The maximum atomic E-state index is 11.9. The molecule has 2 aromatic carbocycles. The van der Waals surface area contributed by atoms with Crippen molar-refractivity contribution in [3.05, 3.63) is 58.1 Å². The number of rotatable bonds is 5. The Morgan fingerprint density at radius 2 is 1.68 bits per heavy atom. The first-order valence-corrected chi connectivity index (χ1v) is 12.3. The molecule has 182 valence electrons. The molecule has 2 aliphatic heterocycles. The molecule has 0 aromatic heterocycles. The van der Waals surface area contributed by atoms with Crippen LogP contribution in [-0.2, 0) is 30.2 Å². The van der Waals surface area contributed by atoms with E-state index in [2.05, 4.69) is 15.9 Å². The van der Waals surface area contributed by atoms with Crippen molar-refractivity contribution in [1.82, 2.24) is 0 Å². The Morgan fingerprint density at radius 3 is 2.38 bits per heavy atom. The Balaban J connectivity index is 1.65. The summed E-state index contributed by atoms with van der Waals surface area (Å²) in [4.78, 5) is 23.7. The van der Waals surface area contributed by atoms with Crippen LogP contribution in [0, 0.1) is 5.92 Å². The minimum atomic E-state index is -0.812. The molecular weight excluding hydrogens is 528 g/mol. The van der Waals surface area contributed by atoms with Gasteiger partial charge in [0.15, 0.2) is 17.6 Å². The van der Waals surface area contributed by atoms with E-state index in [9.17, 15) is 9.59 Å². The third-order valence-corrected chi connectivity index (χ3v) is 7.25. The van der Waals surface area contributed by atoms with Crippen LogP contribution in [0.25, 0.3) is 0 Å². The first-order chi connectivity index (χ1) is 16.2. The molecule has 7 nitrogen and oxygen atoms in total. The smallest absolute Gasteiger partial charge is 0.303 e. The van der Waals surface area contributed by atoms with Crippen LogP contribution >= 0.6 is 27.5 Å². The maximum absolute atomic E-state index is 11.9. The fraction of sp³-hybridized carbons (Fsp3) is 0.440. The lowest BCUT2D eigenvalue weighted by Gasteiger charge is -2.43. The van der Waals surface area contributed by atoms with Gasteiger partial charge in [0.1, 0.15) is 30.4 Å². The number of hydrogen-bond acceptors (Lipinski definition) is 7. The highest BCUT2D eigenvalue weighted by Crippen LogP contribution is 2.41. The van der Waals surface area contributed by atoms with Crippen LogP contribution in [0.3, 0.4) is 0 Å². The fourth-order valence-electron chi connectivity index (χ4n) is 4.24. The van der Waals surface area contributed by atoms with Crippen molar-refractivity contribution < 1.29 is 33.3 Å². The third kappa shape index (κ3) is 5.50. The molecule has 0 unspecified atom stereocenters. The molecule has 2 aromatic rings. The number of fused-ring (bicyclic) bond motifs is 1. The number of alkyl halides is 1. The highest BCUT2D eigenvalue weighted by Gasteiger charge is 2.47. The molecule has 5 atom stereocenters. The summed E-state index contributed by atoms with van der Waals surface area (Å²) < 4.78 is 28.7. The molecule has 9 heteroatoms. The summed E-state index contributed by atoms with van der Waals surface area (Å²) in [5, 5.41) is 0.185. The molecule has 0 saturated carbocycles.